The second-order valence-electron chi connectivity index (χ2n) is 3.75. The van der Waals surface area contributed by atoms with Crippen LogP contribution in [0.2, 0.25) is 0 Å². The lowest BCUT2D eigenvalue weighted by molar-refractivity contribution is 0.0819. The number of piperidine rings is 1. The highest BCUT2D eigenvalue weighted by atomic mass is 79.9. The summed E-state index contributed by atoms with van der Waals surface area (Å²) in [5, 5.41) is 0. The van der Waals surface area contributed by atoms with Crippen LogP contribution < -0.4 is 4.90 Å². The lowest BCUT2D eigenvalue weighted by atomic mass is 10.1. The van der Waals surface area contributed by atoms with Gasteiger partial charge in [0.05, 0.1) is 16.3 Å². The molecule has 1 aromatic rings. The fraction of sp³-hybridized carbons (Fsp3) is 0.545. The molecule has 3 nitrogen and oxygen atoms in total. The number of anilines is 1. The highest BCUT2D eigenvalue weighted by molar-refractivity contribution is 9.10. The van der Waals surface area contributed by atoms with Crippen LogP contribution in [0.15, 0.2) is 22.9 Å². The normalized spacial score (nSPS) is 18.1. The van der Waals surface area contributed by atoms with E-state index in [1.165, 1.54) is 5.69 Å². The Morgan fingerprint density at radius 1 is 1.47 bits per heavy atom. The second-order valence-corrected chi connectivity index (χ2v) is 4.60. The molecule has 0 radical (unpaired) electrons. The van der Waals surface area contributed by atoms with Crippen molar-refractivity contribution in [3.8, 4) is 0 Å². The molecule has 0 unspecified atom stereocenters. The Bertz CT molecular complexity index is 324. The highest BCUT2D eigenvalue weighted by Crippen LogP contribution is 2.27. The Labute approximate surface area is 98.6 Å². The van der Waals surface area contributed by atoms with Gasteiger partial charge in [-0.15, -0.1) is 0 Å². The molecule has 0 atom stereocenters. The molecular formula is C11H15BrN2O. The van der Waals surface area contributed by atoms with Gasteiger partial charge in [0.2, 0.25) is 0 Å². The Kier molecular flexibility index (Phi) is 3.59. The van der Waals surface area contributed by atoms with Crippen LogP contribution in [0.1, 0.15) is 12.8 Å². The molecule has 0 bridgehead atoms. The van der Waals surface area contributed by atoms with Crippen LogP contribution in [0.4, 0.5) is 5.69 Å². The number of aromatic nitrogens is 1. The fourth-order valence-corrected chi connectivity index (χ4v) is 2.46. The van der Waals surface area contributed by atoms with E-state index < -0.39 is 0 Å². The number of nitrogens with zero attached hydrogens (tertiary/aromatic N) is 2. The third-order valence-electron chi connectivity index (χ3n) is 2.87. The first-order valence-electron chi connectivity index (χ1n) is 5.18. The number of hydrogen-bond acceptors (Lipinski definition) is 3. The number of hydrogen-bond donors (Lipinski definition) is 0. The molecule has 0 amide bonds. The second kappa shape index (κ2) is 4.94. The lowest BCUT2D eigenvalue weighted by Gasteiger charge is -2.33. The topological polar surface area (TPSA) is 25.4 Å². The molecule has 15 heavy (non-hydrogen) atoms. The van der Waals surface area contributed by atoms with Crippen molar-refractivity contribution in [2.24, 2.45) is 0 Å². The summed E-state index contributed by atoms with van der Waals surface area (Å²) in [4.78, 5) is 6.45. The number of rotatable bonds is 2. The molecule has 1 aliphatic rings. The van der Waals surface area contributed by atoms with Crippen LogP contribution in [-0.2, 0) is 4.74 Å². The smallest absolute Gasteiger partial charge is 0.0605 e. The minimum atomic E-state index is 0.432. The van der Waals surface area contributed by atoms with Crippen molar-refractivity contribution in [3.05, 3.63) is 22.9 Å². The molecule has 1 saturated heterocycles. The van der Waals surface area contributed by atoms with Gasteiger partial charge in [0.1, 0.15) is 0 Å². The number of halogens is 1. The average Bonchev–Trinajstić information content (AvgIpc) is 2.30. The predicted octanol–water partition coefficient (Wildman–Crippen LogP) is 2.46. The summed E-state index contributed by atoms with van der Waals surface area (Å²) in [6.07, 6.45) is 6.32. The lowest BCUT2D eigenvalue weighted by Crippen LogP contribution is -2.36. The SMILES string of the molecule is COC1CCN(c2ccncc2Br)CC1. The van der Waals surface area contributed by atoms with Gasteiger partial charge in [-0.3, -0.25) is 4.98 Å². The van der Waals surface area contributed by atoms with Crippen molar-refractivity contribution in [2.75, 3.05) is 25.1 Å². The molecule has 4 heteroatoms. The van der Waals surface area contributed by atoms with Crippen molar-refractivity contribution in [3.63, 3.8) is 0 Å². The molecule has 0 aromatic carbocycles. The van der Waals surface area contributed by atoms with Crippen LogP contribution in [-0.4, -0.2) is 31.3 Å². The molecule has 0 saturated carbocycles. The van der Waals surface area contributed by atoms with E-state index in [9.17, 15) is 0 Å². The Hall–Kier alpha value is -0.610. The number of pyridine rings is 1. The van der Waals surface area contributed by atoms with Gasteiger partial charge in [0, 0.05) is 32.6 Å². The van der Waals surface area contributed by atoms with Crippen LogP contribution in [0.5, 0.6) is 0 Å². The van der Waals surface area contributed by atoms with E-state index in [2.05, 4.69) is 31.9 Å². The highest BCUT2D eigenvalue weighted by Gasteiger charge is 2.19. The monoisotopic (exact) mass is 270 g/mol. The zero-order valence-electron chi connectivity index (χ0n) is 8.82. The van der Waals surface area contributed by atoms with Gasteiger partial charge < -0.3 is 9.64 Å². The maximum Gasteiger partial charge on any atom is 0.0605 e. The molecule has 1 aromatic heterocycles. The molecule has 82 valence electrons. The molecule has 0 spiro atoms. The Morgan fingerprint density at radius 3 is 2.80 bits per heavy atom. The summed E-state index contributed by atoms with van der Waals surface area (Å²) in [7, 11) is 1.79. The van der Waals surface area contributed by atoms with Gasteiger partial charge in [-0.1, -0.05) is 0 Å². The van der Waals surface area contributed by atoms with E-state index in [4.69, 9.17) is 4.74 Å². The minimum absolute atomic E-state index is 0.432. The van der Waals surface area contributed by atoms with E-state index >= 15 is 0 Å². The van der Waals surface area contributed by atoms with E-state index in [0.29, 0.717) is 6.10 Å². The zero-order valence-corrected chi connectivity index (χ0v) is 10.4. The van der Waals surface area contributed by atoms with Crippen LogP contribution >= 0.6 is 15.9 Å². The molecule has 2 heterocycles. The molecule has 1 aliphatic heterocycles. The summed E-state index contributed by atoms with van der Waals surface area (Å²) in [6.45, 7) is 2.11. The molecule has 1 fully saturated rings. The Balaban J connectivity index is 2.04. The first-order chi connectivity index (χ1) is 7.31. The number of ether oxygens (including phenoxy) is 1. The summed E-state index contributed by atoms with van der Waals surface area (Å²) >= 11 is 3.53. The first-order valence-corrected chi connectivity index (χ1v) is 5.98. The maximum atomic E-state index is 5.35. The first kappa shape index (κ1) is 10.9. The van der Waals surface area contributed by atoms with Gasteiger partial charge in [0.25, 0.3) is 0 Å². The van der Waals surface area contributed by atoms with Gasteiger partial charge in [-0.2, -0.15) is 0 Å². The maximum absolute atomic E-state index is 5.35. The van der Waals surface area contributed by atoms with Gasteiger partial charge in [-0.25, -0.2) is 0 Å². The summed E-state index contributed by atoms with van der Waals surface area (Å²) in [5.41, 5.74) is 1.24. The van der Waals surface area contributed by atoms with Crippen molar-refractivity contribution in [2.45, 2.75) is 18.9 Å². The standard InChI is InChI=1S/C11H15BrN2O/c1-15-9-3-6-14(7-4-9)11-2-5-13-8-10(11)12/h2,5,8-9H,3-4,6-7H2,1H3. The van der Waals surface area contributed by atoms with Gasteiger partial charge in [0.15, 0.2) is 0 Å². The number of methoxy groups -OCH3 is 1. The molecular weight excluding hydrogens is 256 g/mol. The quantitative estimate of drug-likeness (QED) is 0.826. The van der Waals surface area contributed by atoms with Gasteiger partial charge in [-0.05, 0) is 34.8 Å². The zero-order chi connectivity index (χ0) is 10.7. The van der Waals surface area contributed by atoms with E-state index in [0.717, 1.165) is 30.4 Å². The van der Waals surface area contributed by atoms with Crippen molar-refractivity contribution in [1.82, 2.24) is 4.98 Å². The summed E-state index contributed by atoms with van der Waals surface area (Å²) in [6, 6.07) is 2.05. The van der Waals surface area contributed by atoms with E-state index in [1.54, 1.807) is 7.11 Å². The average molecular weight is 271 g/mol. The summed E-state index contributed by atoms with van der Waals surface area (Å²) in [5.74, 6) is 0. The molecule has 2 rings (SSSR count). The third kappa shape index (κ3) is 2.49. The largest absolute Gasteiger partial charge is 0.381 e. The minimum Gasteiger partial charge on any atom is -0.381 e. The third-order valence-corrected chi connectivity index (χ3v) is 3.48. The van der Waals surface area contributed by atoms with Gasteiger partial charge >= 0.3 is 0 Å². The van der Waals surface area contributed by atoms with Crippen molar-refractivity contribution in [1.29, 1.82) is 0 Å². The Morgan fingerprint density at radius 2 is 2.20 bits per heavy atom. The summed E-state index contributed by atoms with van der Waals surface area (Å²) < 4.78 is 6.43. The molecule has 0 N–H and O–H groups in total. The van der Waals surface area contributed by atoms with Crippen LogP contribution in [0.25, 0.3) is 0 Å². The van der Waals surface area contributed by atoms with Crippen LogP contribution in [0, 0.1) is 0 Å². The van der Waals surface area contributed by atoms with Crippen molar-refractivity contribution >= 4 is 21.6 Å². The molecule has 0 aliphatic carbocycles. The fourth-order valence-electron chi connectivity index (χ4n) is 1.96. The van der Waals surface area contributed by atoms with E-state index in [1.807, 2.05) is 12.4 Å². The van der Waals surface area contributed by atoms with Crippen molar-refractivity contribution < 1.29 is 4.74 Å². The van der Waals surface area contributed by atoms with E-state index in [-0.39, 0.29) is 0 Å². The predicted molar refractivity (Wildman–Crippen MR) is 64.2 cm³/mol. The van der Waals surface area contributed by atoms with Crippen LogP contribution in [0.3, 0.4) is 0 Å².